The van der Waals surface area contributed by atoms with Crippen molar-refractivity contribution in [3.63, 3.8) is 0 Å². The molecule has 3 aromatic rings. The van der Waals surface area contributed by atoms with E-state index in [1.54, 1.807) is 0 Å². The van der Waals surface area contributed by atoms with Crippen molar-refractivity contribution in [3.8, 4) is 0 Å². The number of pyridine rings is 1. The highest BCUT2D eigenvalue weighted by atomic mass is 15.1. The maximum atomic E-state index is 6.09. The van der Waals surface area contributed by atoms with Crippen molar-refractivity contribution >= 4 is 16.7 Å². The topological polar surface area (TPSA) is 56.7 Å². The summed E-state index contributed by atoms with van der Waals surface area (Å²) in [4.78, 5) is 9.22. The maximum Gasteiger partial charge on any atom is 0.115 e. The van der Waals surface area contributed by atoms with Gasteiger partial charge in [0.2, 0.25) is 0 Å². The van der Waals surface area contributed by atoms with Gasteiger partial charge in [0.25, 0.3) is 0 Å². The summed E-state index contributed by atoms with van der Waals surface area (Å²) in [5, 5.41) is 0. The zero-order valence-corrected chi connectivity index (χ0v) is 12.5. The van der Waals surface area contributed by atoms with Crippen LogP contribution in [-0.2, 0) is 13.0 Å². The normalized spacial score (nSPS) is 11.1. The lowest BCUT2D eigenvalue weighted by molar-refractivity contribution is 0.662. The zero-order valence-electron chi connectivity index (χ0n) is 12.5. The molecular weight excluding hydrogens is 260 g/mol. The number of rotatable bonds is 4. The van der Waals surface area contributed by atoms with Crippen LogP contribution in [0.1, 0.15) is 30.4 Å². The van der Waals surface area contributed by atoms with Crippen molar-refractivity contribution in [1.29, 1.82) is 0 Å². The molecule has 0 radical (unpaired) electrons. The monoisotopic (exact) mass is 280 g/mol. The number of aromatic nitrogens is 3. The second kappa shape index (κ2) is 5.56. The quantitative estimate of drug-likeness (QED) is 0.797. The van der Waals surface area contributed by atoms with Gasteiger partial charge in [-0.25, -0.2) is 4.98 Å². The summed E-state index contributed by atoms with van der Waals surface area (Å²) < 4.78 is 2.27. The van der Waals surface area contributed by atoms with E-state index in [9.17, 15) is 0 Å². The van der Waals surface area contributed by atoms with Gasteiger partial charge in [0.1, 0.15) is 5.82 Å². The molecule has 3 rings (SSSR count). The number of para-hydroxylation sites is 2. The molecule has 0 unspecified atom stereocenters. The van der Waals surface area contributed by atoms with Gasteiger partial charge in [-0.3, -0.25) is 4.98 Å². The van der Waals surface area contributed by atoms with Crippen molar-refractivity contribution in [2.24, 2.45) is 0 Å². The molecule has 2 N–H and O–H groups in total. The molecule has 2 heterocycles. The lowest BCUT2D eigenvalue weighted by atomic mass is 10.2. The number of aryl methyl sites for hydroxylation is 2. The lowest BCUT2D eigenvalue weighted by Gasteiger charge is -2.09. The smallest absolute Gasteiger partial charge is 0.115 e. The van der Waals surface area contributed by atoms with E-state index in [0.29, 0.717) is 6.42 Å². The van der Waals surface area contributed by atoms with Crippen molar-refractivity contribution in [2.45, 2.75) is 33.2 Å². The predicted molar refractivity (Wildman–Crippen MR) is 86.2 cm³/mol. The van der Waals surface area contributed by atoms with Crippen molar-refractivity contribution in [2.75, 3.05) is 5.73 Å². The number of anilines is 1. The van der Waals surface area contributed by atoms with E-state index < -0.39 is 0 Å². The minimum atomic E-state index is 0.667. The fourth-order valence-electron chi connectivity index (χ4n) is 2.65. The molecular formula is C17H20N4. The van der Waals surface area contributed by atoms with Crippen molar-refractivity contribution < 1.29 is 0 Å². The van der Waals surface area contributed by atoms with E-state index in [0.717, 1.165) is 41.3 Å². The maximum absolute atomic E-state index is 6.09. The molecule has 0 aliphatic rings. The highest BCUT2D eigenvalue weighted by Gasteiger charge is 2.12. The number of nitrogens with zero attached hydrogens (tertiary/aromatic N) is 3. The van der Waals surface area contributed by atoms with Gasteiger partial charge in [-0.15, -0.1) is 0 Å². The number of nitrogens with two attached hydrogens (primary N) is 1. The fraction of sp³-hybridized carbons (Fsp3) is 0.294. The second-order valence-corrected chi connectivity index (χ2v) is 5.39. The Morgan fingerprint density at radius 2 is 2.05 bits per heavy atom. The number of fused-ring (bicyclic) bond motifs is 1. The van der Waals surface area contributed by atoms with Gasteiger partial charge in [-0.2, -0.15) is 0 Å². The van der Waals surface area contributed by atoms with Gasteiger partial charge in [0.15, 0.2) is 0 Å². The van der Waals surface area contributed by atoms with Crippen LogP contribution in [0, 0.1) is 6.92 Å². The highest BCUT2D eigenvalue weighted by Crippen LogP contribution is 2.20. The van der Waals surface area contributed by atoms with E-state index in [1.165, 1.54) is 5.52 Å². The van der Waals surface area contributed by atoms with Crippen LogP contribution in [-0.4, -0.2) is 14.5 Å². The summed E-state index contributed by atoms with van der Waals surface area (Å²) in [6.45, 7) is 5.14. The summed E-state index contributed by atoms with van der Waals surface area (Å²) in [6.07, 6.45) is 3.60. The third-order valence-electron chi connectivity index (χ3n) is 3.65. The standard InChI is InChI=1S/C17H20N4/c1-3-8-21-16-7-5-4-6-14(16)20-17(21)10-15-13(18)9-12(2)11-19-15/h4-7,9,11H,3,8,10,18H2,1-2H3. The van der Waals surface area contributed by atoms with E-state index in [4.69, 9.17) is 10.7 Å². The number of nitrogen functional groups attached to an aromatic ring is 1. The van der Waals surface area contributed by atoms with Crippen LogP contribution >= 0.6 is 0 Å². The Morgan fingerprint density at radius 1 is 1.24 bits per heavy atom. The molecule has 0 bridgehead atoms. The summed E-state index contributed by atoms with van der Waals surface area (Å²) >= 11 is 0. The largest absolute Gasteiger partial charge is 0.397 e. The van der Waals surface area contributed by atoms with Gasteiger partial charge in [0.05, 0.1) is 28.8 Å². The molecule has 1 aromatic carbocycles. The van der Waals surface area contributed by atoms with Crippen LogP contribution in [0.5, 0.6) is 0 Å². The molecule has 0 atom stereocenters. The Morgan fingerprint density at radius 3 is 2.81 bits per heavy atom. The number of hydrogen-bond acceptors (Lipinski definition) is 3. The van der Waals surface area contributed by atoms with E-state index >= 15 is 0 Å². The summed E-state index contributed by atoms with van der Waals surface area (Å²) in [5.74, 6) is 1.03. The van der Waals surface area contributed by atoms with Gasteiger partial charge >= 0.3 is 0 Å². The first-order valence-corrected chi connectivity index (χ1v) is 7.34. The SMILES string of the molecule is CCCn1c(Cc2ncc(C)cc2N)nc2ccccc21. The minimum absolute atomic E-state index is 0.667. The Balaban J connectivity index is 2.05. The molecule has 4 nitrogen and oxygen atoms in total. The molecule has 2 aromatic heterocycles. The van der Waals surface area contributed by atoms with Crippen LogP contribution in [0.3, 0.4) is 0 Å². The molecule has 0 saturated heterocycles. The molecule has 0 aliphatic carbocycles. The summed E-state index contributed by atoms with van der Waals surface area (Å²) in [5.41, 5.74) is 11.0. The number of benzene rings is 1. The third-order valence-corrected chi connectivity index (χ3v) is 3.65. The van der Waals surface area contributed by atoms with Crippen LogP contribution in [0.2, 0.25) is 0 Å². The minimum Gasteiger partial charge on any atom is -0.397 e. The molecule has 0 aliphatic heterocycles. The van der Waals surface area contributed by atoms with Crippen molar-refractivity contribution in [1.82, 2.24) is 14.5 Å². The average molecular weight is 280 g/mol. The fourth-order valence-corrected chi connectivity index (χ4v) is 2.65. The molecule has 4 heteroatoms. The van der Waals surface area contributed by atoms with Gasteiger partial charge in [-0.1, -0.05) is 19.1 Å². The molecule has 0 saturated carbocycles. The first-order chi connectivity index (χ1) is 10.2. The van der Waals surface area contributed by atoms with Gasteiger partial charge in [-0.05, 0) is 37.1 Å². The Bertz CT molecular complexity index is 774. The van der Waals surface area contributed by atoms with Crippen molar-refractivity contribution in [3.05, 3.63) is 53.6 Å². The molecule has 0 fully saturated rings. The van der Waals surface area contributed by atoms with Crippen LogP contribution in [0.25, 0.3) is 11.0 Å². The first-order valence-electron chi connectivity index (χ1n) is 7.34. The molecule has 21 heavy (non-hydrogen) atoms. The summed E-state index contributed by atoms with van der Waals surface area (Å²) in [6, 6.07) is 10.2. The van der Waals surface area contributed by atoms with Crippen LogP contribution in [0.15, 0.2) is 36.5 Å². The highest BCUT2D eigenvalue weighted by molar-refractivity contribution is 5.76. The molecule has 0 amide bonds. The first kappa shape index (κ1) is 13.6. The van der Waals surface area contributed by atoms with Gasteiger partial charge in [0, 0.05) is 12.7 Å². The zero-order chi connectivity index (χ0) is 14.8. The van der Waals surface area contributed by atoms with E-state index in [2.05, 4.69) is 34.7 Å². The number of hydrogen-bond donors (Lipinski definition) is 1. The lowest BCUT2D eigenvalue weighted by Crippen LogP contribution is -2.07. The Labute approximate surface area is 124 Å². The average Bonchev–Trinajstić information content (AvgIpc) is 2.81. The van der Waals surface area contributed by atoms with Crippen LogP contribution in [0.4, 0.5) is 5.69 Å². The summed E-state index contributed by atoms with van der Waals surface area (Å²) in [7, 11) is 0. The Hall–Kier alpha value is -2.36. The molecule has 0 spiro atoms. The van der Waals surface area contributed by atoms with E-state index in [-0.39, 0.29) is 0 Å². The second-order valence-electron chi connectivity index (χ2n) is 5.39. The predicted octanol–water partition coefficient (Wildman–Crippen LogP) is 3.32. The number of imidazole rings is 1. The van der Waals surface area contributed by atoms with Gasteiger partial charge < -0.3 is 10.3 Å². The van der Waals surface area contributed by atoms with Crippen LogP contribution < -0.4 is 5.73 Å². The Kier molecular flexibility index (Phi) is 3.60. The third kappa shape index (κ3) is 2.61. The molecule has 108 valence electrons. The van der Waals surface area contributed by atoms with E-state index in [1.807, 2.05) is 25.3 Å².